The Morgan fingerprint density at radius 2 is 2.09 bits per heavy atom. The minimum absolute atomic E-state index is 0.254. The van der Waals surface area contributed by atoms with E-state index >= 15 is 0 Å². The first-order chi connectivity index (χ1) is 4.88. The van der Waals surface area contributed by atoms with Gasteiger partial charge in [-0.15, -0.1) is 2.52 Å². The van der Waals surface area contributed by atoms with Crippen LogP contribution in [0.2, 0.25) is 0 Å². The molecule has 0 aliphatic carbocycles. The van der Waals surface area contributed by atoms with E-state index in [1.165, 1.54) is 30.0 Å². The lowest BCUT2D eigenvalue weighted by Crippen LogP contribution is -2.26. The van der Waals surface area contributed by atoms with Crippen molar-refractivity contribution >= 4 is 38.9 Å². The molecule has 11 heavy (non-hydrogen) atoms. The number of rotatable bonds is 3. The molecule has 0 fully saturated rings. The summed E-state index contributed by atoms with van der Waals surface area (Å²) in [5.41, 5.74) is 0. The average Bonchev–Trinajstić information content (AvgIpc) is 1.85. The molecule has 7 heteroatoms. The minimum Gasteiger partial charge on any atom is -0.468 e. The van der Waals surface area contributed by atoms with E-state index in [1.807, 2.05) is 0 Å². The summed E-state index contributed by atoms with van der Waals surface area (Å²) in [4.78, 5) is 10.5. The third kappa shape index (κ3) is 4.53. The predicted octanol–water partition coefficient (Wildman–Crippen LogP) is -0.229. The van der Waals surface area contributed by atoms with Crippen molar-refractivity contribution in [3.8, 4) is 0 Å². The quantitative estimate of drug-likeness (QED) is 0.410. The second-order valence-corrected chi connectivity index (χ2v) is 5.51. The van der Waals surface area contributed by atoms with Crippen LogP contribution < -0.4 is 0 Å². The smallest absolute Gasteiger partial charge is 0.321 e. The molecule has 0 saturated carbocycles. The summed E-state index contributed by atoms with van der Waals surface area (Å²) in [7, 11) is -2.09. The number of esters is 1. The Labute approximate surface area is 79.2 Å². The number of hydrogen-bond donors (Lipinski definition) is 0. The molecule has 0 aromatic carbocycles. The summed E-state index contributed by atoms with van der Waals surface area (Å²) >= 11 is 1.53. The second kappa shape index (κ2) is 4.21. The Bertz CT molecular complexity index is 236. The Morgan fingerprint density at radius 1 is 1.64 bits per heavy atom. The van der Waals surface area contributed by atoms with Crippen LogP contribution in [-0.4, -0.2) is 36.8 Å². The molecular weight excluding hydrogens is 285 g/mol. The summed E-state index contributed by atoms with van der Waals surface area (Å²) in [5, 5.41) is 0. The van der Waals surface area contributed by atoms with Crippen LogP contribution in [0.15, 0.2) is 0 Å². The van der Waals surface area contributed by atoms with Gasteiger partial charge in [0.1, 0.15) is 6.54 Å². The molecule has 5 nitrogen and oxygen atoms in total. The summed E-state index contributed by atoms with van der Waals surface area (Å²) in [5.74, 6) is -0.579. The van der Waals surface area contributed by atoms with Gasteiger partial charge in [-0.05, 0) is 0 Å². The number of carbonyl (C=O) groups is 1. The van der Waals surface area contributed by atoms with E-state index in [0.29, 0.717) is 0 Å². The van der Waals surface area contributed by atoms with Gasteiger partial charge < -0.3 is 4.74 Å². The number of carbonyl (C=O) groups excluding carboxylic acids is 1. The first-order valence-corrected chi connectivity index (χ1v) is 5.39. The van der Waals surface area contributed by atoms with E-state index < -0.39 is 16.0 Å². The number of methoxy groups -OCH3 is 1. The van der Waals surface area contributed by atoms with E-state index in [-0.39, 0.29) is 6.54 Å². The van der Waals surface area contributed by atoms with E-state index in [9.17, 15) is 13.2 Å². The Morgan fingerprint density at radius 3 is 2.36 bits per heavy atom. The van der Waals surface area contributed by atoms with Crippen molar-refractivity contribution in [2.24, 2.45) is 0 Å². The molecule has 0 radical (unpaired) electrons. The largest absolute Gasteiger partial charge is 0.468 e. The lowest BCUT2D eigenvalue weighted by Gasteiger charge is -2.08. The number of hydrogen-bond acceptors (Lipinski definition) is 4. The van der Waals surface area contributed by atoms with E-state index in [2.05, 4.69) is 4.74 Å². The molecule has 0 unspecified atom stereocenters. The van der Waals surface area contributed by atoms with Gasteiger partial charge in [-0.25, -0.2) is 8.42 Å². The lowest BCUT2D eigenvalue weighted by atomic mass is 10.7. The molecule has 0 atom stereocenters. The van der Waals surface area contributed by atoms with Gasteiger partial charge >= 0.3 is 5.97 Å². The Kier molecular flexibility index (Phi) is 4.26. The van der Waals surface area contributed by atoms with Crippen LogP contribution in [0.3, 0.4) is 0 Å². The maximum absolute atomic E-state index is 10.7. The van der Waals surface area contributed by atoms with E-state index in [4.69, 9.17) is 0 Å². The Balaban J connectivity index is 4.10. The molecule has 0 aromatic heterocycles. The van der Waals surface area contributed by atoms with Crippen molar-refractivity contribution in [2.75, 3.05) is 19.9 Å². The summed E-state index contributed by atoms with van der Waals surface area (Å²) < 4.78 is 26.5. The van der Waals surface area contributed by atoms with Gasteiger partial charge in [0.05, 0.1) is 13.4 Å². The van der Waals surface area contributed by atoms with Gasteiger partial charge in [0.2, 0.25) is 10.0 Å². The number of sulfonamides is 1. The molecular formula is C4H8INO4S. The van der Waals surface area contributed by atoms with Crippen LogP contribution >= 0.6 is 22.9 Å². The predicted molar refractivity (Wildman–Crippen MR) is 47.6 cm³/mol. The zero-order valence-electron chi connectivity index (χ0n) is 6.07. The lowest BCUT2D eigenvalue weighted by molar-refractivity contribution is -0.139. The van der Waals surface area contributed by atoms with Crippen molar-refractivity contribution in [3.05, 3.63) is 0 Å². The molecule has 0 amide bonds. The van der Waals surface area contributed by atoms with Crippen LogP contribution in [0.4, 0.5) is 0 Å². The van der Waals surface area contributed by atoms with Gasteiger partial charge in [0, 0.05) is 22.9 Å². The molecule has 0 aliphatic rings. The maximum atomic E-state index is 10.7. The summed E-state index contributed by atoms with van der Waals surface area (Å²) in [6, 6.07) is 0. The molecule has 0 rings (SSSR count). The fourth-order valence-corrected chi connectivity index (χ4v) is 0.902. The van der Waals surface area contributed by atoms with Gasteiger partial charge in [-0.3, -0.25) is 4.79 Å². The molecule has 0 aromatic rings. The van der Waals surface area contributed by atoms with Gasteiger partial charge in [-0.1, -0.05) is 0 Å². The third-order valence-electron chi connectivity index (χ3n) is 0.841. The van der Waals surface area contributed by atoms with Crippen molar-refractivity contribution in [2.45, 2.75) is 0 Å². The van der Waals surface area contributed by atoms with Crippen LogP contribution in [0.1, 0.15) is 0 Å². The molecule has 0 N–H and O–H groups in total. The fraction of sp³-hybridized carbons (Fsp3) is 0.750. The monoisotopic (exact) mass is 293 g/mol. The van der Waals surface area contributed by atoms with Crippen LogP contribution in [0.25, 0.3) is 0 Å². The highest BCUT2D eigenvalue weighted by molar-refractivity contribution is 14.1. The first-order valence-electron chi connectivity index (χ1n) is 2.58. The zero-order valence-corrected chi connectivity index (χ0v) is 9.05. The minimum atomic E-state index is -3.29. The first kappa shape index (κ1) is 11.1. The number of nitrogens with zero attached hydrogens (tertiary/aromatic N) is 1. The van der Waals surface area contributed by atoms with Gasteiger partial charge in [-0.2, -0.15) is 0 Å². The van der Waals surface area contributed by atoms with E-state index in [1.54, 1.807) is 0 Å². The summed E-state index contributed by atoms with van der Waals surface area (Å²) in [6.07, 6.45) is 1.02. The fourth-order valence-electron chi connectivity index (χ4n) is 0.283. The van der Waals surface area contributed by atoms with Crippen molar-refractivity contribution in [3.63, 3.8) is 0 Å². The average molecular weight is 293 g/mol. The molecule has 0 bridgehead atoms. The zero-order chi connectivity index (χ0) is 9.07. The third-order valence-corrected chi connectivity index (χ3v) is 4.18. The van der Waals surface area contributed by atoms with E-state index in [0.717, 1.165) is 8.77 Å². The Hall–Kier alpha value is 0.110. The highest BCUT2D eigenvalue weighted by atomic mass is 127. The molecule has 66 valence electrons. The highest BCUT2D eigenvalue weighted by Crippen LogP contribution is 2.04. The maximum Gasteiger partial charge on any atom is 0.321 e. The van der Waals surface area contributed by atoms with Gasteiger partial charge in [0.15, 0.2) is 0 Å². The molecule has 0 heterocycles. The highest BCUT2D eigenvalue weighted by Gasteiger charge is 2.16. The standard InChI is InChI=1S/C4H8INO4S/c1-10-4(7)3-6(5)11(2,8)9/h3H2,1-2H3. The number of ether oxygens (including phenoxy) is 1. The van der Waals surface area contributed by atoms with Crippen LogP contribution in [-0.2, 0) is 19.6 Å². The van der Waals surface area contributed by atoms with Crippen molar-refractivity contribution in [1.29, 1.82) is 0 Å². The second-order valence-electron chi connectivity index (χ2n) is 1.78. The summed E-state index contributed by atoms with van der Waals surface area (Å²) in [6.45, 7) is -0.254. The topological polar surface area (TPSA) is 63.7 Å². The van der Waals surface area contributed by atoms with Crippen molar-refractivity contribution in [1.82, 2.24) is 2.52 Å². The molecule has 0 saturated heterocycles. The van der Waals surface area contributed by atoms with Crippen LogP contribution in [0, 0.1) is 0 Å². The van der Waals surface area contributed by atoms with Crippen LogP contribution in [0.5, 0.6) is 0 Å². The van der Waals surface area contributed by atoms with Crippen molar-refractivity contribution < 1.29 is 17.9 Å². The van der Waals surface area contributed by atoms with Gasteiger partial charge in [0.25, 0.3) is 0 Å². The molecule has 0 spiro atoms. The SMILES string of the molecule is COC(=O)CN(I)S(C)(=O)=O. The normalized spacial score (nSPS) is 11.6. The molecule has 0 aliphatic heterocycles. The number of halogens is 1.